The van der Waals surface area contributed by atoms with Crippen molar-refractivity contribution in [2.75, 3.05) is 6.79 Å². The van der Waals surface area contributed by atoms with Gasteiger partial charge in [0.2, 0.25) is 6.79 Å². The topological polar surface area (TPSA) is 69.4 Å². The second-order valence-electron chi connectivity index (χ2n) is 4.86. The Balaban J connectivity index is 1.81. The van der Waals surface area contributed by atoms with Crippen LogP contribution in [0.1, 0.15) is 30.8 Å². The van der Waals surface area contributed by atoms with Crippen LogP contribution in [0, 0.1) is 0 Å². The Labute approximate surface area is 130 Å². The summed E-state index contributed by atoms with van der Waals surface area (Å²) in [6, 6.07) is 3.65. The van der Waals surface area contributed by atoms with Gasteiger partial charge in [0.25, 0.3) is 0 Å². The van der Waals surface area contributed by atoms with Crippen LogP contribution in [0.25, 0.3) is 0 Å². The van der Waals surface area contributed by atoms with Crippen LogP contribution in [0.2, 0.25) is 0 Å². The van der Waals surface area contributed by atoms with Gasteiger partial charge in [-0.1, -0.05) is 6.92 Å². The molecule has 1 unspecified atom stereocenters. The number of aliphatic hydroxyl groups excluding tert-OH is 1. The molecule has 1 aromatic carbocycles. The van der Waals surface area contributed by atoms with Crippen LogP contribution in [-0.2, 0) is 13.0 Å². The van der Waals surface area contributed by atoms with Crippen molar-refractivity contribution in [1.82, 2.24) is 14.8 Å². The van der Waals surface area contributed by atoms with Gasteiger partial charge < -0.3 is 14.6 Å². The molecule has 112 valence electrons. The van der Waals surface area contributed by atoms with E-state index in [9.17, 15) is 5.11 Å². The first-order valence-corrected chi connectivity index (χ1v) is 7.62. The Hall–Kier alpha value is -1.60. The molecule has 1 N–H and O–H groups in total. The molecular weight excluding hydrogens is 338 g/mol. The summed E-state index contributed by atoms with van der Waals surface area (Å²) in [5.74, 6) is 2.10. The number of hydrogen-bond donors (Lipinski definition) is 1. The number of fused-ring (bicyclic) bond motifs is 1. The van der Waals surface area contributed by atoms with Gasteiger partial charge in [0.05, 0.1) is 10.6 Å². The lowest BCUT2D eigenvalue weighted by atomic mass is 10.1. The van der Waals surface area contributed by atoms with Crippen LogP contribution < -0.4 is 9.47 Å². The monoisotopic (exact) mass is 353 g/mol. The van der Waals surface area contributed by atoms with E-state index in [1.807, 2.05) is 10.7 Å². The fourth-order valence-corrected chi connectivity index (χ4v) is 2.89. The molecule has 0 fully saturated rings. The molecule has 1 aromatic heterocycles. The maximum atomic E-state index is 10.4. The predicted octanol–water partition coefficient (Wildman–Crippen LogP) is 2.46. The Morgan fingerprint density at radius 2 is 2.29 bits per heavy atom. The van der Waals surface area contributed by atoms with Gasteiger partial charge in [0, 0.05) is 13.0 Å². The van der Waals surface area contributed by atoms with Gasteiger partial charge in [-0.15, -0.1) is 0 Å². The highest BCUT2D eigenvalue weighted by molar-refractivity contribution is 9.10. The highest BCUT2D eigenvalue weighted by Crippen LogP contribution is 2.41. The number of halogens is 1. The second kappa shape index (κ2) is 6.03. The highest BCUT2D eigenvalue weighted by Gasteiger charge is 2.21. The minimum Gasteiger partial charge on any atom is -0.454 e. The average Bonchev–Trinajstić information content (AvgIpc) is 3.09. The number of aryl methyl sites for hydroxylation is 1. The zero-order valence-electron chi connectivity index (χ0n) is 11.6. The van der Waals surface area contributed by atoms with Crippen molar-refractivity contribution >= 4 is 15.9 Å². The van der Waals surface area contributed by atoms with Gasteiger partial charge >= 0.3 is 0 Å². The fraction of sp³-hybridized carbons (Fsp3) is 0.429. The van der Waals surface area contributed by atoms with Crippen molar-refractivity contribution in [3.63, 3.8) is 0 Å². The quantitative estimate of drug-likeness (QED) is 0.893. The van der Waals surface area contributed by atoms with Crippen molar-refractivity contribution in [3.8, 4) is 11.5 Å². The first kappa shape index (κ1) is 14.3. The van der Waals surface area contributed by atoms with Crippen LogP contribution >= 0.6 is 15.9 Å². The van der Waals surface area contributed by atoms with Gasteiger partial charge in [-0.05, 0) is 40.0 Å². The molecule has 2 aromatic rings. The molecule has 1 aliphatic rings. The molecule has 0 saturated heterocycles. The summed E-state index contributed by atoms with van der Waals surface area (Å²) in [7, 11) is 0. The molecule has 0 bridgehead atoms. The van der Waals surface area contributed by atoms with E-state index in [2.05, 4.69) is 32.9 Å². The molecule has 0 aliphatic carbocycles. The van der Waals surface area contributed by atoms with Crippen molar-refractivity contribution in [3.05, 3.63) is 34.3 Å². The molecular formula is C14H16BrN3O3. The van der Waals surface area contributed by atoms with Crippen molar-refractivity contribution in [2.24, 2.45) is 0 Å². The van der Waals surface area contributed by atoms with Gasteiger partial charge in [0.1, 0.15) is 12.2 Å². The SMILES string of the molecule is CCCn1ncnc1CC(O)c1cc(Br)c2c(c1)OCO2. The van der Waals surface area contributed by atoms with E-state index in [4.69, 9.17) is 9.47 Å². The lowest BCUT2D eigenvalue weighted by Crippen LogP contribution is -2.10. The fourth-order valence-electron chi connectivity index (χ4n) is 2.32. The Morgan fingerprint density at radius 1 is 1.43 bits per heavy atom. The Kier molecular flexibility index (Phi) is 4.12. The maximum absolute atomic E-state index is 10.4. The van der Waals surface area contributed by atoms with Crippen LogP contribution in [0.15, 0.2) is 22.9 Å². The zero-order chi connectivity index (χ0) is 14.8. The van der Waals surface area contributed by atoms with Crippen LogP contribution in [-0.4, -0.2) is 26.7 Å². The molecule has 7 heteroatoms. The average molecular weight is 354 g/mol. The molecule has 0 radical (unpaired) electrons. The molecule has 1 atom stereocenters. The van der Waals surface area contributed by atoms with Gasteiger partial charge in [-0.2, -0.15) is 5.10 Å². The van der Waals surface area contributed by atoms with E-state index < -0.39 is 6.10 Å². The second-order valence-corrected chi connectivity index (χ2v) is 5.71. The summed E-state index contributed by atoms with van der Waals surface area (Å²) in [5, 5.41) is 14.6. The summed E-state index contributed by atoms with van der Waals surface area (Å²) < 4.78 is 13.3. The molecule has 0 saturated carbocycles. The molecule has 6 nitrogen and oxygen atoms in total. The third kappa shape index (κ3) is 2.89. The Bertz CT molecular complexity index is 644. The van der Waals surface area contributed by atoms with Gasteiger partial charge in [-0.25, -0.2) is 4.98 Å². The van der Waals surface area contributed by atoms with E-state index in [-0.39, 0.29) is 6.79 Å². The molecule has 0 amide bonds. The highest BCUT2D eigenvalue weighted by atomic mass is 79.9. The summed E-state index contributed by atoms with van der Waals surface area (Å²) >= 11 is 3.43. The summed E-state index contributed by atoms with van der Waals surface area (Å²) in [6.07, 6.45) is 2.23. The van der Waals surface area contributed by atoms with Crippen LogP contribution in [0.5, 0.6) is 11.5 Å². The standard InChI is InChI=1S/C14H16BrN3O3/c1-2-3-18-13(16-7-17-18)6-11(19)9-4-10(15)14-12(5-9)20-8-21-14/h4-5,7,11,19H,2-3,6,8H2,1H3. The molecule has 1 aliphatic heterocycles. The number of hydrogen-bond acceptors (Lipinski definition) is 5. The van der Waals surface area contributed by atoms with Crippen LogP contribution in [0.4, 0.5) is 0 Å². The number of ether oxygens (including phenoxy) is 2. The predicted molar refractivity (Wildman–Crippen MR) is 79.2 cm³/mol. The number of aliphatic hydroxyl groups is 1. The van der Waals surface area contributed by atoms with Gasteiger partial charge in [-0.3, -0.25) is 4.68 Å². The summed E-state index contributed by atoms with van der Waals surface area (Å²) in [4.78, 5) is 4.22. The van der Waals surface area contributed by atoms with E-state index in [0.717, 1.165) is 28.8 Å². The van der Waals surface area contributed by atoms with E-state index >= 15 is 0 Å². The smallest absolute Gasteiger partial charge is 0.231 e. The van der Waals surface area contributed by atoms with Crippen molar-refractivity contribution in [2.45, 2.75) is 32.4 Å². The van der Waals surface area contributed by atoms with Crippen LogP contribution in [0.3, 0.4) is 0 Å². The first-order valence-electron chi connectivity index (χ1n) is 6.82. The Morgan fingerprint density at radius 3 is 3.10 bits per heavy atom. The lowest BCUT2D eigenvalue weighted by Gasteiger charge is -2.13. The minimum absolute atomic E-state index is 0.207. The summed E-state index contributed by atoms with van der Waals surface area (Å²) in [6.45, 7) is 3.09. The van der Waals surface area contributed by atoms with E-state index in [0.29, 0.717) is 17.9 Å². The van der Waals surface area contributed by atoms with Crippen molar-refractivity contribution in [1.29, 1.82) is 0 Å². The minimum atomic E-state index is -0.671. The molecule has 0 spiro atoms. The zero-order valence-corrected chi connectivity index (χ0v) is 13.2. The van der Waals surface area contributed by atoms with Gasteiger partial charge in [0.15, 0.2) is 11.5 Å². The normalized spacial score (nSPS) is 14.4. The molecule has 21 heavy (non-hydrogen) atoms. The maximum Gasteiger partial charge on any atom is 0.231 e. The van der Waals surface area contributed by atoms with E-state index in [1.54, 1.807) is 6.07 Å². The number of rotatable bonds is 5. The largest absolute Gasteiger partial charge is 0.454 e. The lowest BCUT2D eigenvalue weighted by molar-refractivity contribution is 0.169. The first-order chi connectivity index (χ1) is 10.2. The third-order valence-corrected chi connectivity index (χ3v) is 3.93. The number of benzene rings is 1. The number of nitrogens with zero attached hydrogens (tertiary/aromatic N) is 3. The molecule has 3 rings (SSSR count). The molecule has 2 heterocycles. The van der Waals surface area contributed by atoms with Crippen molar-refractivity contribution < 1.29 is 14.6 Å². The van der Waals surface area contributed by atoms with E-state index in [1.165, 1.54) is 6.33 Å². The summed E-state index contributed by atoms with van der Waals surface area (Å²) in [5.41, 5.74) is 0.761. The third-order valence-electron chi connectivity index (χ3n) is 3.34. The number of aromatic nitrogens is 3.